The summed E-state index contributed by atoms with van der Waals surface area (Å²) in [6.45, 7) is 6.84. The summed E-state index contributed by atoms with van der Waals surface area (Å²) in [5.41, 5.74) is 5.05. The number of carbonyl (C=O) groups excluding carboxylic acids is 2. The zero-order chi connectivity index (χ0) is 18.7. The van der Waals surface area contributed by atoms with E-state index in [2.05, 4.69) is 25.2 Å². The Hall–Kier alpha value is -2.62. The van der Waals surface area contributed by atoms with Crippen molar-refractivity contribution in [2.45, 2.75) is 46.0 Å². The third kappa shape index (κ3) is 3.79. The summed E-state index contributed by atoms with van der Waals surface area (Å²) < 4.78 is 0. The van der Waals surface area contributed by atoms with Crippen LogP contribution < -0.4 is 10.2 Å². The monoisotopic (exact) mass is 350 g/mol. The molecule has 0 aromatic heterocycles. The van der Waals surface area contributed by atoms with Crippen LogP contribution in [0.4, 0.5) is 11.4 Å². The summed E-state index contributed by atoms with van der Waals surface area (Å²) in [7, 11) is 0. The first-order chi connectivity index (χ1) is 12.5. The molecule has 1 N–H and O–H groups in total. The number of nitrogens with one attached hydrogen (secondary N) is 1. The van der Waals surface area contributed by atoms with E-state index in [4.69, 9.17) is 0 Å². The summed E-state index contributed by atoms with van der Waals surface area (Å²) in [4.78, 5) is 27.0. The molecule has 0 atom stereocenters. The van der Waals surface area contributed by atoms with E-state index >= 15 is 0 Å². The number of fused-ring (bicyclic) bond motifs is 1. The molecule has 2 aromatic carbocycles. The summed E-state index contributed by atoms with van der Waals surface area (Å²) in [5.74, 6) is -0.0986. The molecule has 0 saturated heterocycles. The number of rotatable bonds is 4. The highest BCUT2D eigenvalue weighted by atomic mass is 16.2. The van der Waals surface area contributed by atoms with Crippen LogP contribution in [0.25, 0.3) is 0 Å². The molecule has 0 radical (unpaired) electrons. The molecule has 0 aliphatic carbocycles. The van der Waals surface area contributed by atoms with Gasteiger partial charge in [-0.3, -0.25) is 9.59 Å². The summed E-state index contributed by atoms with van der Waals surface area (Å²) in [6, 6.07) is 13.9. The minimum absolute atomic E-state index is 0.139. The third-order valence-electron chi connectivity index (χ3n) is 4.91. The van der Waals surface area contributed by atoms with Crippen LogP contribution in [0.5, 0.6) is 0 Å². The second-order valence-corrected chi connectivity index (χ2v) is 7.20. The van der Waals surface area contributed by atoms with E-state index in [1.54, 1.807) is 4.90 Å². The maximum Gasteiger partial charge on any atom is 0.236 e. The van der Waals surface area contributed by atoms with Crippen molar-refractivity contribution in [3.8, 4) is 0 Å². The Morgan fingerprint density at radius 1 is 1.12 bits per heavy atom. The molecule has 0 saturated carbocycles. The zero-order valence-electron chi connectivity index (χ0n) is 15.7. The zero-order valence-corrected chi connectivity index (χ0v) is 15.7. The van der Waals surface area contributed by atoms with Crippen molar-refractivity contribution in [3.05, 3.63) is 59.2 Å². The Morgan fingerprint density at radius 2 is 1.88 bits per heavy atom. The van der Waals surface area contributed by atoms with Crippen molar-refractivity contribution < 1.29 is 9.59 Å². The lowest BCUT2D eigenvalue weighted by Crippen LogP contribution is -2.37. The minimum Gasteiger partial charge on any atom is -0.325 e. The van der Waals surface area contributed by atoms with Crippen LogP contribution in [-0.2, 0) is 16.0 Å². The molecule has 2 aromatic rings. The van der Waals surface area contributed by atoms with Crippen molar-refractivity contribution in [2.75, 3.05) is 16.8 Å². The van der Waals surface area contributed by atoms with E-state index in [-0.39, 0.29) is 18.2 Å². The fraction of sp³-hybridized carbons (Fsp3) is 0.364. The maximum atomic E-state index is 12.7. The number of aryl methyl sites for hydroxylation is 2. The second-order valence-electron chi connectivity index (χ2n) is 7.20. The summed E-state index contributed by atoms with van der Waals surface area (Å²) >= 11 is 0. The maximum absolute atomic E-state index is 12.7. The molecule has 0 fully saturated rings. The van der Waals surface area contributed by atoms with Gasteiger partial charge in [0.15, 0.2) is 0 Å². The van der Waals surface area contributed by atoms with Crippen LogP contribution in [0.1, 0.15) is 49.3 Å². The molecule has 3 rings (SSSR count). The number of carbonyl (C=O) groups is 2. The average molecular weight is 350 g/mol. The molecule has 4 nitrogen and oxygen atoms in total. The van der Waals surface area contributed by atoms with Crippen LogP contribution in [0.3, 0.4) is 0 Å². The van der Waals surface area contributed by atoms with E-state index in [0.29, 0.717) is 12.5 Å². The van der Waals surface area contributed by atoms with Crippen LogP contribution in [0, 0.1) is 6.92 Å². The second kappa shape index (κ2) is 7.73. The van der Waals surface area contributed by atoms with Gasteiger partial charge in [0.25, 0.3) is 0 Å². The number of hydrogen-bond acceptors (Lipinski definition) is 2. The molecule has 1 heterocycles. The number of amides is 2. The quantitative estimate of drug-likeness (QED) is 0.830. The van der Waals surface area contributed by atoms with Gasteiger partial charge in [0.05, 0.1) is 0 Å². The fourth-order valence-electron chi connectivity index (χ4n) is 3.55. The first-order valence-electron chi connectivity index (χ1n) is 9.25. The number of nitrogens with zero attached hydrogens (tertiary/aromatic N) is 1. The topological polar surface area (TPSA) is 49.4 Å². The minimum atomic E-state index is -0.255. The van der Waals surface area contributed by atoms with Gasteiger partial charge < -0.3 is 10.2 Å². The molecular weight excluding hydrogens is 324 g/mol. The highest BCUT2D eigenvalue weighted by molar-refractivity contribution is 6.09. The van der Waals surface area contributed by atoms with Gasteiger partial charge in [-0.25, -0.2) is 0 Å². The predicted octanol–water partition coefficient (Wildman–Crippen LogP) is 4.43. The Bertz CT molecular complexity index is 827. The Kier molecular flexibility index (Phi) is 5.40. The van der Waals surface area contributed by atoms with Crippen molar-refractivity contribution in [1.29, 1.82) is 0 Å². The molecule has 1 aliphatic rings. The van der Waals surface area contributed by atoms with E-state index in [1.807, 2.05) is 43.3 Å². The van der Waals surface area contributed by atoms with Crippen LogP contribution in [0.15, 0.2) is 42.5 Å². The van der Waals surface area contributed by atoms with Gasteiger partial charge in [0, 0.05) is 17.9 Å². The Labute approximate surface area is 155 Å². The SMILES string of the molecule is Cc1cccc(C(C)C)c1NC(=O)CC(=O)N1CCCc2ccccc21. The Morgan fingerprint density at radius 3 is 2.65 bits per heavy atom. The lowest BCUT2D eigenvalue weighted by atomic mass is 9.98. The van der Waals surface area contributed by atoms with E-state index < -0.39 is 0 Å². The first kappa shape index (κ1) is 18.2. The first-order valence-corrected chi connectivity index (χ1v) is 9.25. The van der Waals surface area contributed by atoms with Gasteiger partial charge in [-0.2, -0.15) is 0 Å². The van der Waals surface area contributed by atoms with Crippen LogP contribution >= 0.6 is 0 Å². The van der Waals surface area contributed by atoms with E-state index in [9.17, 15) is 9.59 Å². The molecule has 4 heteroatoms. The van der Waals surface area contributed by atoms with Crippen LogP contribution in [-0.4, -0.2) is 18.4 Å². The largest absolute Gasteiger partial charge is 0.325 e. The van der Waals surface area contributed by atoms with Crippen molar-refractivity contribution >= 4 is 23.2 Å². The number of para-hydroxylation sites is 2. The van der Waals surface area contributed by atoms with E-state index in [1.165, 1.54) is 5.56 Å². The molecule has 2 amide bonds. The van der Waals surface area contributed by atoms with Crippen molar-refractivity contribution in [2.24, 2.45) is 0 Å². The van der Waals surface area contributed by atoms with Gasteiger partial charge in [-0.15, -0.1) is 0 Å². The van der Waals surface area contributed by atoms with Gasteiger partial charge in [-0.05, 0) is 48.4 Å². The standard InChI is InChI=1S/C22H26N2O2/c1-15(2)18-11-6-8-16(3)22(18)23-20(25)14-21(26)24-13-7-10-17-9-4-5-12-19(17)24/h4-6,8-9,11-12,15H,7,10,13-14H2,1-3H3,(H,23,25). The van der Waals surface area contributed by atoms with Gasteiger partial charge >= 0.3 is 0 Å². The van der Waals surface area contributed by atoms with Gasteiger partial charge in [0.1, 0.15) is 6.42 Å². The van der Waals surface area contributed by atoms with Gasteiger partial charge in [-0.1, -0.05) is 50.2 Å². The average Bonchev–Trinajstić information content (AvgIpc) is 2.62. The highest BCUT2D eigenvalue weighted by Crippen LogP contribution is 2.29. The van der Waals surface area contributed by atoms with Crippen molar-refractivity contribution in [1.82, 2.24) is 0 Å². The number of anilines is 2. The van der Waals surface area contributed by atoms with Crippen molar-refractivity contribution in [3.63, 3.8) is 0 Å². The molecule has 0 unspecified atom stereocenters. The van der Waals surface area contributed by atoms with Crippen LogP contribution in [0.2, 0.25) is 0 Å². The lowest BCUT2D eigenvalue weighted by Gasteiger charge is -2.29. The number of benzene rings is 2. The third-order valence-corrected chi connectivity index (χ3v) is 4.91. The molecular formula is C22H26N2O2. The van der Waals surface area contributed by atoms with E-state index in [0.717, 1.165) is 35.3 Å². The fourth-order valence-corrected chi connectivity index (χ4v) is 3.55. The molecule has 136 valence electrons. The summed E-state index contributed by atoms with van der Waals surface area (Å²) in [6.07, 6.45) is 1.77. The number of hydrogen-bond donors (Lipinski definition) is 1. The van der Waals surface area contributed by atoms with Gasteiger partial charge in [0.2, 0.25) is 11.8 Å². The molecule has 0 bridgehead atoms. The normalized spacial score (nSPS) is 13.5. The highest BCUT2D eigenvalue weighted by Gasteiger charge is 2.24. The molecule has 0 spiro atoms. The Balaban J connectivity index is 1.73. The summed E-state index contributed by atoms with van der Waals surface area (Å²) in [5, 5.41) is 2.97. The smallest absolute Gasteiger partial charge is 0.236 e. The lowest BCUT2D eigenvalue weighted by molar-refractivity contribution is -0.125. The molecule has 1 aliphatic heterocycles. The molecule has 26 heavy (non-hydrogen) atoms. The predicted molar refractivity (Wildman–Crippen MR) is 106 cm³/mol.